The Bertz CT molecular complexity index is 836. The molecular weight excluding hydrogens is 394 g/mol. The predicted octanol–water partition coefficient (Wildman–Crippen LogP) is 4.11. The topological polar surface area (TPSA) is 79.0 Å². The van der Waals surface area contributed by atoms with Crippen LogP contribution in [-0.2, 0) is 14.3 Å². The number of ether oxygens (including phenoxy) is 1. The SMILES string of the molecule is CC(C)(C)OC(=O)C1CCN(c2ccc(N3CCC(=O)NC3=O)cc2)C(C(C)(C)C)C1. The van der Waals surface area contributed by atoms with Gasteiger partial charge < -0.3 is 9.64 Å². The number of rotatable bonds is 3. The molecule has 2 aliphatic rings. The number of piperidine rings is 1. The molecule has 2 unspecified atom stereocenters. The molecule has 2 heterocycles. The maximum atomic E-state index is 12.7. The Labute approximate surface area is 185 Å². The highest BCUT2D eigenvalue weighted by Gasteiger charge is 2.40. The van der Waals surface area contributed by atoms with Crippen LogP contribution < -0.4 is 15.1 Å². The number of anilines is 2. The molecule has 2 saturated heterocycles. The van der Waals surface area contributed by atoms with E-state index in [1.165, 1.54) is 0 Å². The number of amides is 3. The van der Waals surface area contributed by atoms with E-state index in [4.69, 9.17) is 4.74 Å². The number of carbonyl (C=O) groups is 3. The molecule has 7 heteroatoms. The van der Waals surface area contributed by atoms with E-state index in [0.717, 1.165) is 30.8 Å². The minimum absolute atomic E-state index is 0.0214. The maximum Gasteiger partial charge on any atom is 0.328 e. The summed E-state index contributed by atoms with van der Waals surface area (Å²) in [6, 6.07) is 7.68. The molecular formula is C24H35N3O4. The molecule has 0 spiro atoms. The van der Waals surface area contributed by atoms with Crippen molar-refractivity contribution >= 4 is 29.3 Å². The molecule has 7 nitrogen and oxygen atoms in total. The number of nitrogens with zero attached hydrogens (tertiary/aromatic N) is 2. The second-order valence-corrected chi connectivity index (χ2v) is 10.6. The van der Waals surface area contributed by atoms with Gasteiger partial charge in [-0.05, 0) is 63.3 Å². The van der Waals surface area contributed by atoms with E-state index in [2.05, 4.69) is 31.0 Å². The fraction of sp³-hybridized carbons (Fsp3) is 0.625. The highest BCUT2D eigenvalue weighted by atomic mass is 16.6. The summed E-state index contributed by atoms with van der Waals surface area (Å²) in [6.45, 7) is 13.5. The Morgan fingerprint density at radius 2 is 1.61 bits per heavy atom. The van der Waals surface area contributed by atoms with Crippen LogP contribution in [0.25, 0.3) is 0 Å². The fourth-order valence-electron chi connectivity index (χ4n) is 4.33. The molecule has 1 aromatic rings. The van der Waals surface area contributed by atoms with E-state index in [0.29, 0.717) is 13.0 Å². The van der Waals surface area contributed by atoms with Crippen molar-refractivity contribution in [3.05, 3.63) is 24.3 Å². The van der Waals surface area contributed by atoms with Crippen LogP contribution in [0.3, 0.4) is 0 Å². The van der Waals surface area contributed by atoms with Crippen molar-refractivity contribution in [2.75, 3.05) is 22.9 Å². The van der Waals surface area contributed by atoms with Crippen LogP contribution in [0.4, 0.5) is 16.2 Å². The van der Waals surface area contributed by atoms with Gasteiger partial charge in [0.15, 0.2) is 0 Å². The van der Waals surface area contributed by atoms with Crippen LogP contribution in [0, 0.1) is 11.3 Å². The van der Waals surface area contributed by atoms with Gasteiger partial charge in [0.25, 0.3) is 0 Å². The average molecular weight is 430 g/mol. The Hall–Kier alpha value is -2.57. The standard InChI is InChI=1S/C24H35N3O4/c1-23(2,3)19-15-16(21(29)31-24(4,5)6)11-13-26(19)17-7-9-18(10-8-17)27-14-12-20(28)25-22(27)30/h7-10,16,19H,11-15H2,1-6H3,(H,25,28,30). The van der Waals surface area contributed by atoms with Gasteiger partial charge in [0.1, 0.15) is 5.60 Å². The highest BCUT2D eigenvalue weighted by molar-refractivity contribution is 6.05. The zero-order valence-corrected chi connectivity index (χ0v) is 19.5. The predicted molar refractivity (Wildman–Crippen MR) is 121 cm³/mol. The van der Waals surface area contributed by atoms with E-state index in [1.807, 2.05) is 45.0 Å². The first kappa shape index (κ1) is 23.1. The third kappa shape index (κ3) is 5.57. The van der Waals surface area contributed by atoms with Crippen molar-refractivity contribution in [3.63, 3.8) is 0 Å². The summed E-state index contributed by atoms with van der Waals surface area (Å²) in [5.41, 5.74) is 1.34. The lowest BCUT2D eigenvalue weighted by molar-refractivity contribution is -0.161. The van der Waals surface area contributed by atoms with E-state index < -0.39 is 5.60 Å². The number of hydrogen-bond donors (Lipinski definition) is 1. The lowest BCUT2D eigenvalue weighted by atomic mass is 9.76. The van der Waals surface area contributed by atoms with E-state index in [1.54, 1.807) is 4.90 Å². The first-order valence-corrected chi connectivity index (χ1v) is 11.1. The van der Waals surface area contributed by atoms with Crippen LogP contribution in [0.1, 0.15) is 60.8 Å². The van der Waals surface area contributed by atoms with Gasteiger partial charge in [0.2, 0.25) is 5.91 Å². The molecule has 0 aliphatic carbocycles. The average Bonchev–Trinajstić information content (AvgIpc) is 2.66. The number of benzene rings is 1. The molecule has 0 saturated carbocycles. The second kappa shape index (κ2) is 8.52. The van der Waals surface area contributed by atoms with Gasteiger partial charge in [-0.15, -0.1) is 0 Å². The summed E-state index contributed by atoms with van der Waals surface area (Å²) in [5.74, 6) is -0.449. The first-order chi connectivity index (χ1) is 14.3. The lowest BCUT2D eigenvalue weighted by Gasteiger charge is -2.47. The number of esters is 1. The van der Waals surface area contributed by atoms with Crippen LogP contribution in [0.2, 0.25) is 0 Å². The van der Waals surface area contributed by atoms with Gasteiger partial charge in [-0.3, -0.25) is 19.8 Å². The summed E-state index contributed by atoms with van der Waals surface area (Å²) in [5, 5.41) is 2.36. The molecule has 31 heavy (non-hydrogen) atoms. The molecule has 3 amide bonds. The quantitative estimate of drug-likeness (QED) is 0.732. The molecule has 1 aromatic carbocycles. The first-order valence-electron chi connectivity index (χ1n) is 11.1. The van der Waals surface area contributed by atoms with Crippen LogP contribution in [0.5, 0.6) is 0 Å². The molecule has 1 N–H and O–H groups in total. The molecule has 2 atom stereocenters. The molecule has 3 rings (SSSR count). The van der Waals surface area contributed by atoms with E-state index in [-0.39, 0.29) is 35.3 Å². The minimum Gasteiger partial charge on any atom is -0.460 e. The summed E-state index contributed by atoms with van der Waals surface area (Å²) in [4.78, 5) is 40.2. The second-order valence-electron chi connectivity index (χ2n) is 10.6. The number of hydrogen-bond acceptors (Lipinski definition) is 5. The molecule has 0 aromatic heterocycles. The van der Waals surface area contributed by atoms with Crippen LogP contribution in [-0.4, -0.2) is 42.6 Å². The number of nitrogens with one attached hydrogen (secondary N) is 1. The summed E-state index contributed by atoms with van der Waals surface area (Å²) in [6.07, 6.45) is 1.80. The number of carbonyl (C=O) groups excluding carboxylic acids is 3. The largest absolute Gasteiger partial charge is 0.460 e. The Balaban J connectivity index is 1.76. The fourth-order valence-corrected chi connectivity index (χ4v) is 4.33. The summed E-state index contributed by atoms with van der Waals surface area (Å²) >= 11 is 0. The molecule has 2 aliphatic heterocycles. The van der Waals surface area contributed by atoms with Gasteiger partial charge in [-0.25, -0.2) is 4.79 Å². The zero-order valence-electron chi connectivity index (χ0n) is 19.5. The van der Waals surface area contributed by atoms with Gasteiger partial charge in [0.05, 0.1) is 5.92 Å². The molecule has 2 fully saturated rings. The third-order valence-corrected chi connectivity index (χ3v) is 5.89. The molecule has 0 bridgehead atoms. The zero-order chi connectivity index (χ0) is 23.0. The normalized spacial score (nSPS) is 22.9. The monoisotopic (exact) mass is 429 g/mol. The van der Waals surface area contributed by atoms with Crippen LogP contribution in [0.15, 0.2) is 24.3 Å². The highest BCUT2D eigenvalue weighted by Crippen LogP contribution is 2.38. The maximum absolute atomic E-state index is 12.7. The van der Waals surface area contributed by atoms with Crippen LogP contribution >= 0.6 is 0 Å². The molecule has 170 valence electrons. The van der Waals surface area contributed by atoms with Gasteiger partial charge in [0, 0.05) is 36.9 Å². The smallest absolute Gasteiger partial charge is 0.328 e. The third-order valence-electron chi connectivity index (χ3n) is 5.89. The van der Waals surface area contributed by atoms with Crippen molar-refractivity contribution in [3.8, 4) is 0 Å². The Morgan fingerprint density at radius 1 is 1.00 bits per heavy atom. The van der Waals surface area contributed by atoms with Gasteiger partial charge in [-0.1, -0.05) is 20.8 Å². The van der Waals surface area contributed by atoms with Gasteiger partial charge in [-0.2, -0.15) is 0 Å². The van der Waals surface area contributed by atoms with Crippen molar-refractivity contribution in [2.45, 2.75) is 72.4 Å². The Morgan fingerprint density at radius 3 is 2.16 bits per heavy atom. The minimum atomic E-state index is -0.480. The van der Waals surface area contributed by atoms with Crippen molar-refractivity contribution in [1.29, 1.82) is 0 Å². The van der Waals surface area contributed by atoms with Crippen molar-refractivity contribution < 1.29 is 19.1 Å². The van der Waals surface area contributed by atoms with E-state index >= 15 is 0 Å². The number of urea groups is 1. The van der Waals surface area contributed by atoms with Crippen molar-refractivity contribution in [1.82, 2.24) is 5.32 Å². The lowest BCUT2D eigenvalue weighted by Crippen LogP contribution is -2.51. The number of imide groups is 1. The summed E-state index contributed by atoms with van der Waals surface area (Å²) < 4.78 is 5.65. The Kier molecular flexibility index (Phi) is 6.35. The van der Waals surface area contributed by atoms with Gasteiger partial charge >= 0.3 is 12.0 Å². The summed E-state index contributed by atoms with van der Waals surface area (Å²) in [7, 11) is 0. The van der Waals surface area contributed by atoms with E-state index in [9.17, 15) is 14.4 Å². The van der Waals surface area contributed by atoms with Crippen molar-refractivity contribution in [2.24, 2.45) is 11.3 Å². The molecule has 0 radical (unpaired) electrons.